The third-order valence-corrected chi connectivity index (χ3v) is 3.44. The molecule has 92 valence electrons. The second-order valence-corrected chi connectivity index (χ2v) is 5.17. The molecule has 2 N–H and O–H groups in total. The SMILES string of the molecule is CN(CC(F)(F)F)C(CN)c1ccc(Cl)s1. The first-order valence-electron chi connectivity index (χ1n) is 4.56. The van der Waals surface area contributed by atoms with Crippen molar-refractivity contribution in [2.75, 3.05) is 20.1 Å². The van der Waals surface area contributed by atoms with Gasteiger partial charge in [0.1, 0.15) is 0 Å². The van der Waals surface area contributed by atoms with Gasteiger partial charge in [0.2, 0.25) is 0 Å². The maximum absolute atomic E-state index is 12.2. The van der Waals surface area contributed by atoms with Crippen molar-refractivity contribution in [1.82, 2.24) is 4.90 Å². The molecule has 1 rings (SSSR count). The van der Waals surface area contributed by atoms with Crippen molar-refractivity contribution in [2.24, 2.45) is 5.73 Å². The molecule has 1 aromatic heterocycles. The van der Waals surface area contributed by atoms with Crippen LogP contribution < -0.4 is 5.73 Å². The number of nitrogens with zero attached hydrogens (tertiary/aromatic N) is 1. The van der Waals surface area contributed by atoms with Crippen LogP contribution in [0.15, 0.2) is 12.1 Å². The Hall–Kier alpha value is -0.300. The summed E-state index contributed by atoms with van der Waals surface area (Å²) in [4.78, 5) is 1.93. The fourth-order valence-corrected chi connectivity index (χ4v) is 2.65. The van der Waals surface area contributed by atoms with E-state index in [0.29, 0.717) is 4.34 Å². The Bertz CT molecular complexity index is 340. The number of nitrogens with two attached hydrogens (primary N) is 1. The van der Waals surface area contributed by atoms with Gasteiger partial charge in [-0.15, -0.1) is 11.3 Å². The second kappa shape index (κ2) is 5.35. The quantitative estimate of drug-likeness (QED) is 0.913. The molecule has 1 unspecified atom stereocenters. The Morgan fingerprint density at radius 1 is 1.50 bits per heavy atom. The topological polar surface area (TPSA) is 29.3 Å². The Morgan fingerprint density at radius 3 is 2.50 bits per heavy atom. The van der Waals surface area contributed by atoms with Crippen LogP contribution in [-0.4, -0.2) is 31.2 Å². The summed E-state index contributed by atoms with van der Waals surface area (Å²) < 4.78 is 37.2. The van der Waals surface area contributed by atoms with Crippen LogP contribution in [0.3, 0.4) is 0 Å². The van der Waals surface area contributed by atoms with E-state index in [1.807, 2.05) is 0 Å². The van der Waals surface area contributed by atoms with Gasteiger partial charge in [0.25, 0.3) is 0 Å². The van der Waals surface area contributed by atoms with Crippen LogP contribution in [0.5, 0.6) is 0 Å². The minimum absolute atomic E-state index is 0.128. The first-order valence-corrected chi connectivity index (χ1v) is 5.75. The van der Waals surface area contributed by atoms with Crippen LogP contribution in [0.4, 0.5) is 13.2 Å². The van der Waals surface area contributed by atoms with Crippen LogP contribution in [0.2, 0.25) is 4.34 Å². The number of likely N-dealkylation sites (N-methyl/N-ethyl adjacent to an activating group) is 1. The molecule has 0 aliphatic carbocycles. The lowest BCUT2D eigenvalue weighted by molar-refractivity contribution is -0.147. The van der Waals surface area contributed by atoms with E-state index in [1.54, 1.807) is 12.1 Å². The van der Waals surface area contributed by atoms with E-state index >= 15 is 0 Å². The molecule has 0 fully saturated rings. The van der Waals surface area contributed by atoms with Crippen molar-refractivity contribution in [3.8, 4) is 0 Å². The number of thiophene rings is 1. The van der Waals surface area contributed by atoms with Crippen molar-refractivity contribution < 1.29 is 13.2 Å². The highest BCUT2D eigenvalue weighted by Crippen LogP contribution is 2.30. The summed E-state index contributed by atoms with van der Waals surface area (Å²) in [6, 6.07) is 2.92. The fourth-order valence-electron chi connectivity index (χ4n) is 1.41. The molecule has 1 atom stereocenters. The molecule has 0 saturated carbocycles. The number of halogens is 4. The van der Waals surface area contributed by atoms with Crippen LogP contribution in [0, 0.1) is 0 Å². The predicted octanol–water partition coefficient (Wildman–Crippen LogP) is 2.90. The van der Waals surface area contributed by atoms with Gasteiger partial charge in [-0.1, -0.05) is 11.6 Å². The summed E-state index contributed by atoms with van der Waals surface area (Å²) in [7, 11) is 1.40. The van der Waals surface area contributed by atoms with Gasteiger partial charge >= 0.3 is 6.18 Å². The maximum atomic E-state index is 12.2. The first kappa shape index (κ1) is 13.8. The van der Waals surface area contributed by atoms with E-state index in [9.17, 15) is 13.2 Å². The van der Waals surface area contributed by atoms with E-state index in [0.717, 1.165) is 4.88 Å². The van der Waals surface area contributed by atoms with Gasteiger partial charge in [-0.25, -0.2) is 0 Å². The van der Waals surface area contributed by atoms with Gasteiger partial charge < -0.3 is 5.73 Å². The van der Waals surface area contributed by atoms with Gasteiger partial charge in [0.05, 0.1) is 16.9 Å². The van der Waals surface area contributed by atoms with Crippen LogP contribution in [0.25, 0.3) is 0 Å². The number of alkyl halides is 3. The molecule has 0 saturated heterocycles. The molecular formula is C9H12ClF3N2S. The minimum Gasteiger partial charge on any atom is -0.329 e. The smallest absolute Gasteiger partial charge is 0.329 e. The standard InChI is InChI=1S/C9H12ClF3N2S/c1-15(5-9(11,12)13)6(4-14)7-2-3-8(10)16-7/h2-3,6H,4-5,14H2,1H3. The zero-order valence-electron chi connectivity index (χ0n) is 8.59. The molecule has 2 nitrogen and oxygen atoms in total. The van der Waals surface area contributed by atoms with Gasteiger partial charge in [-0.2, -0.15) is 13.2 Å². The normalized spacial score (nSPS) is 14.4. The molecule has 16 heavy (non-hydrogen) atoms. The van der Waals surface area contributed by atoms with Gasteiger partial charge in [-0.3, -0.25) is 4.90 Å². The van der Waals surface area contributed by atoms with E-state index in [2.05, 4.69) is 0 Å². The van der Waals surface area contributed by atoms with Crippen LogP contribution >= 0.6 is 22.9 Å². The molecule has 0 radical (unpaired) electrons. The summed E-state index contributed by atoms with van der Waals surface area (Å²) in [5, 5.41) is 0. The third kappa shape index (κ3) is 3.93. The average molecular weight is 273 g/mol. The predicted molar refractivity (Wildman–Crippen MR) is 59.8 cm³/mol. The van der Waals surface area contributed by atoms with Crippen molar-refractivity contribution in [2.45, 2.75) is 12.2 Å². The summed E-state index contributed by atoms with van der Waals surface area (Å²) in [6.45, 7) is -0.853. The van der Waals surface area contributed by atoms with Gasteiger partial charge in [0.15, 0.2) is 0 Å². The summed E-state index contributed by atoms with van der Waals surface area (Å²) in [5.74, 6) is 0. The Kier molecular flexibility index (Phi) is 4.61. The average Bonchev–Trinajstić information content (AvgIpc) is 2.49. The molecule has 0 aliphatic rings. The van der Waals surface area contributed by atoms with Gasteiger partial charge in [0, 0.05) is 11.4 Å². The Labute approximate surface area is 101 Å². The van der Waals surface area contributed by atoms with E-state index in [4.69, 9.17) is 17.3 Å². The molecule has 0 bridgehead atoms. The first-order chi connectivity index (χ1) is 7.33. The zero-order chi connectivity index (χ0) is 12.3. The lowest BCUT2D eigenvalue weighted by Crippen LogP contribution is -2.37. The molecule has 7 heteroatoms. The molecule has 0 spiro atoms. The largest absolute Gasteiger partial charge is 0.401 e. The number of hydrogen-bond donors (Lipinski definition) is 1. The molecular weight excluding hydrogens is 261 g/mol. The lowest BCUT2D eigenvalue weighted by atomic mass is 10.2. The van der Waals surface area contributed by atoms with Crippen LogP contribution in [0.1, 0.15) is 10.9 Å². The Morgan fingerprint density at radius 2 is 2.12 bits per heavy atom. The lowest BCUT2D eigenvalue weighted by Gasteiger charge is -2.26. The molecule has 0 amide bonds. The highest BCUT2D eigenvalue weighted by atomic mass is 35.5. The highest BCUT2D eigenvalue weighted by molar-refractivity contribution is 7.16. The Balaban J connectivity index is 2.74. The molecule has 0 aromatic carbocycles. The second-order valence-electron chi connectivity index (χ2n) is 3.42. The van der Waals surface area contributed by atoms with Crippen molar-refractivity contribution in [1.29, 1.82) is 0 Å². The summed E-state index contributed by atoms with van der Waals surface area (Å²) >= 11 is 6.99. The number of hydrogen-bond acceptors (Lipinski definition) is 3. The van der Waals surface area contributed by atoms with Gasteiger partial charge in [-0.05, 0) is 19.2 Å². The molecule has 1 aromatic rings. The van der Waals surface area contributed by atoms with Crippen molar-refractivity contribution in [3.05, 3.63) is 21.3 Å². The fraction of sp³-hybridized carbons (Fsp3) is 0.556. The summed E-state index contributed by atoms with van der Waals surface area (Å²) in [5.41, 5.74) is 5.49. The highest BCUT2D eigenvalue weighted by Gasteiger charge is 2.32. The zero-order valence-corrected chi connectivity index (χ0v) is 10.2. The van der Waals surface area contributed by atoms with Crippen molar-refractivity contribution in [3.63, 3.8) is 0 Å². The van der Waals surface area contributed by atoms with Crippen LogP contribution in [-0.2, 0) is 0 Å². The third-order valence-electron chi connectivity index (χ3n) is 2.11. The maximum Gasteiger partial charge on any atom is 0.401 e. The molecule has 1 heterocycles. The van der Waals surface area contributed by atoms with E-state index in [1.165, 1.54) is 23.3 Å². The molecule has 0 aliphatic heterocycles. The minimum atomic E-state index is -4.22. The summed E-state index contributed by atoms with van der Waals surface area (Å²) in [6.07, 6.45) is -4.22. The monoisotopic (exact) mass is 272 g/mol. The van der Waals surface area contributed by atoms with E-state index in [-0.39, 0.29) is 6.54 Å². The number of rotatable bonds is 4. The van der Waals surface area contributed by atoms with Crippen molar-refractivity contribution >= 4 is 22.9 Å². The van der Waals surface area contributed by atoms with E-state index < -0.39 is 18.8 Å².